The zero-order valence-electron chi connectivity index (χ0n) is 36.7. The maximum Gasteiger partial charge on any atom is 0.339 e. The number of hydrogen-bond donors (Lipinski definition) is 0. The monoisotopic (exact) mass is 809 g/mol. The first-order valence-corrected chi connectivity index (χ1v) is 29.9. The smallest absolute Gasteiger partial charge is 0.339 e. The van der Waals surface area contributed by atoms with Crippen LogP contribution in [0.2, 0.25) is 19.1 Å². The fourth-order valence-electron chi connectivity index (χ4n) is 27.4. The van der Waals surface area contributed by atoms with E-state index in [1.165, 1.54) is 38.1 Å². The lowest BCUT2D eigenvalue weighted by molar-refractivity contribution is -0.175. The molecule has 16 fully saturated rings. The van der Waals surface area contributed by atoms with Crippen LogP contribution in [0.1, 0.15) is 92.6 Å². The summed E-state index contributed by atoms with van der Waals surface area (Å²) in [6, 6.07) is 7.70. The van der Waals surface area contributed by atoms with Crippen LogP contribution >= 0.6 is 0 Å². The first-order chi connectivity index (χ1) is 28.8. The van der Waals surface area contributed by atoms with Gasteiger partial charge in [-0.1, -0.05) is 38.0 Å². The van der Waals surface area contributed by atoms with Crippen LogP contribution in [0.4, 0.5) is 0 Å². The van der Waals surface area contributed by atoms with E-state index in [1.807, 2.05) is 0 Å². The van der Waals surface area contributed by atoms with E-state index in [0.29, 0.717) is 11.8 Å². The van der Waals surface area contributed by atoms with Crippen molar-refractivity contribution in [3.63, 3.8) is 0 Å². The summed E-state index contributed by atoms with van der Waals surface area (Å²) in [4.78, 5) is 15.1. The lowest BCUT2D eigenvalue weighted by Gasteiger charge is -2.62. The summed E-state index contributed by atoms with van der Waals surface area (Å²) >= 11 is 0. The van der Waals surface area contributed by atoms with Crippen LogP contribution in [0.3, 0.4) is 0 Å². The number of esters is 1. The van der Waals surface area contributed by atoms with Crippen molar-refractivity contribution in [1.29, 1.82) is 0 Å². The highest BCUT2D eigenvalue weighted by molar-refractivity contribution is 6.71. The van der Waals surface area contributed by atoms with Crippen LogP contribution in [-0.4, -0.2) is 26.5 Å². The van der Waals surface area contributed by atoms with Gasteiger partial charge in [0.05, 0.1) is 11.7 Å². The minimum Gasteiger partial charge on any atom is -0.456 e. The van der Waals surface area contributed by atoms with E-state index >= 15 is 4.79 Å². The second kappa shape index (κ2) is 10.7. The summed E-state index contributed by atoms with van der Waals surface area (Å²) in [7, 11) is -2.03. The molecule has 4 heteroatoms. The summed E-state index contributed by atoms with van der Waals surface area (Å²) in [5, 5.41) is 0. The van der Waals surface area contributed by atoms with Gasteiger partial charge in [-0.05, 0) is 267 Å². The molecule has 16 saturated carbocycles. The molecule has 0 radical (unpaired) electrons. The Morgan fingerprint density at radius 3 is 1.22 bits per heavy atom. The van der Waals surface area contributed by atoms with Gasteiger partial charge < -0.3 is 9.16 Å². The minimum absolute atomic E-state index is 0.00241. The van der Waals surface area contributed by atoms with E-state index in [1.54, 1.807) is 32.1 Å². The number of unbranched alkanes of at least 4 members (excludes halogenated alkanes) is 1. The number of fused-ring (bicyclic) bond motifs is 5. The van der Waals surface area contributed by atoms with Crippen molar-refractivity contribution in [2.75, 3.05) is 0 Å². The van der Waals surface area contributed by atoms with Crippen molar-refractivity contribution in [2.45, 2.75) is 116 Å². The van der Waals surface area contributed by atoms with E-state index in [2.05, 4.69) is 52.1 Å². The van der Waals surface area contributed by atoms with Crippen LogP contribution in [0.15, 0.2) is 18.2 Å². The largest absolute Gasteiger partial charge is 0.456 e. The Balaban J connectivity index is 0.919. The minimum atomic E-state index is -2.03. The first-order valence-electron chi connectivity index (χ1n) is 26.7. The molecule has 0 saturated heterocycles. The van der Waals surface area contributed by atoms with Crippen LogP contribution in [0, 0.1) is 191 Å². The topological polar surface area (TPSA) is 35.5 Å². The van der Waals surface area contributed by atoms with Crippen LogP contribution in [0.5, 0.6) is 0 Å². The van der Waals surface area contributed by atoms with Gasteiger partial charge in [0.25, 0.3) is 0 Å². The van der Waals surface area contributed by atoms with E-state index < -0.39 is 8.32 Å². The molecular formula is C55H72O3Si. The van der Waals surface area contributed by atoms with Crippen LogP contribution in [0.25, 0.3) is 0 Å². The third kappa shape index (κ3) is 3.45. The van der Waals surface area contributed by atoms with E-state index in [-0.39, 0.29) is 18.2 Å². The Kier molecular flexibility index (Phi) is 6.21. The van der Waals surface area contributed by atoms with Gasteiger partial charge in [0.2, 0.25) is 0 Å². The molecule has 0 aliphatic heterocycles. The number of rotatable bonds is 7. The SMILES string of the molecule is CCCC[Si](C)(C)OC1C(OC(=O)c2c(C)cccc2C)C2C3CCC4C5CCC6C7CCC8C9CCC%10C1C1C2C2C3C4C3C5C6C4C7C8C5C9C%10C1C1C5C4C3C21. The molecule has 16 aliphatic rings. The molecule has 32 atom stereocenters. The van der Waals surface area contributed by atoms with Gasteiger partial charge in [0, 0.05) is 5.92 Å². The maximum absolute atomic E-state index is 15.1. The molecular weight excluding hydrogens is 737 g/mol. The fourth-order valence-corrected chi connectivity index (χ4v) is 29.8. The molecule has 0 N–H and O–H groups in total. The Morgan fingerprint density at radius 1 is 0.492 bits per heavy atom. The number of hydrogen-bond acceptors (Lipinski definition) is 3. The molecule has 16 aliphatic carbocycles. The number of carbonyl (C=O) groups excluding carboxylic acids is 1. The molecule has 0 heterocycles. The summed E-state index contributed by atoms with van der Waals surface area (Å²) < 4.78 is 15.7. The summed E-state index contributed by atoms with van der Waals surface area (Å²) in [5.41, 5.74) is 3.05. The van der Waals surface area contributed by atoms with Crippen molar-refractivity contribution in [2.24, 2.45) is 178 Å². The number of aryl methyl sites for hydroxylation is 2. The standard InChI is InChI=1S/C55H72O3Si/c1-6-7-19-59(4,5)58-54-40-29-18-16-27-25-14-12-23-22-11-13-24-26-15-17-28-37-35(26)42-33(24)31(22)41-32(23)34(25)43-36(27)38(29)45-47(40)46(44(37)51-49(42)48(41)50(43)52(45)51)39(28)53(54)57-55(56)30-20(2)9-8-10-21(30)3/h8-10,22-29,31-54H,6-7,11-19H2,1-5H3. The predicted octanol–water partition coefficient (Wildman–Crippen LogP) is 11.0. The van der Waals surface area contributed by atoms with E-state index in [0.717, 1.165) is 182 Å². The molecule has 3 nitrogen and oxygen atoms in total. The molecule has 32 unspecified atom stereocenters. The van der Waals surface area contributed by atoms with Gasteiger partial charge in [0.15, 0.2) is 8.32 Å². The Bertz CT molecular complexity index is 2070. The fraction of sp³-hybridized carbons (Fsp3) is 0.873. The molecule has 0 aromatic heterocycles. The highest BCUT2D eigenvalue weighted by atomic mass is 28.4. The number of benzene rings is 1. The van der Waals surface area contributed by atoms with Gasteiger partial charge >= 0.3 is 5.97 Å². The van der Waals surface area contributed by atoms with Gasteiger partial charge in [-0.25, -0.2) is 4.79 Å². The molecule has 1 aromatic carbocycles. The van der Waals surface area contributed by atoms with E-state index in [9.17, 15) is 0 Å². The molecule has 17 rings (SSSR count). The molecule has 0 bridgehead atoms. The van der Waals surface area contributed by atoms with Crippen molar-refractivity contribution in [3.05, 3.63) is 34.9 Å². The Labute approximate surface area is 355 Å². The predicted molar refractivity (Wildman–Crippen MR) is 229 cm³/mol. The lowest BCUT2D eigenvalue weighted by Crippen LogP contribution is -2.62. The molecule has 314 valence electrons. The van der Waals surface area contributed by atoms with Crippen molar-refractivity contribution in [3.8, 4) is 0 Å². The Morgan fingerprint density at radius 2 is 0.814 bits per heavy atom. The average Bonchev–Trinajstić information content (AvgIpc) is 4.05. The summed E-state index contributed by atoms with van der Waals surface area (Å²) in [6.07, 6.45) is 15.1. The van der Waals surface area contributed by atoms with Gasteiger partial charge in [0.1, 0.15) is 6.10 Å². The van der Waals surface area contributed by atoms with Gasteiger partial charge in [-0.2, -0.15) is 0 Å². The zero-order chi connectivity index (χ0) is 38.6. The number of ether oxygens (including phenoxy) is 1. The van der Waals surface area contributed by atoms with Crippen LogP contribution < -0.4 is 0 Å². The molecule has 0 spiro atoms. The zero-order valence-corrected chi connectivity index (χ0v) is 37.7. The third-order valence-corrected chi connectivity index (χ3v) is 29.0. The highest BCUT2D eigenvalue weighted by Gasteiger charge is 2.89. The molecule has 0 amide bonds. The van der Waals surface area contributed by atoms with Crippen LogP contribution in [-0.2, 0) is 9.16 Å². The first kappa shape index (κ1) is 34.3. The number of carbonyl (C=O) groups is 1. The van der Waals surface area contributed by atoms with Gasteiger partial charge in [-0.15, -0.1) is 0 Å². The van der Waals surface area contributed by atoms with Gasteiger partial charge in [-0.3, -0.25) is 0 Å². The normalized spacial score (nSPS) is 65.5. The maximum atomic E-state index is 15.1. The Hall–Kier alpha value is -1.13. The van der Waals surface area contributed by atoms with Crippen molar-refractivity contribution in [1.82, 2.24) is 0 Å². The molecule has 1 aromatic rings. The quantitative estimate of drug-likeness (QED) is 0.203. The molecule has 59 heavy (non-hydrogen) atoms. The highest BCUT2D eigenvalue weighted by Crippen LogP contribution is 2.93. The third-order valence-electron chi connectivity index (χ3n) is 26.5. The average molecular weight is 809 g/mol. The second-order valence-electron chi connectivity index (χ2n) is 26.9. The second-order valence-corrected chi connectivity index (χ2v) is 31.2. The van der Waals surface area contributed by atoms with Crippen molar-refractivity contribution >= 4 is 14.3 Å². The van der Waals surface area contributed by atoms with E-state index in [4.69, 9.17) is 9.16 Å². The van der Waals surface area contributed by atoms with Crippen molar-refractivity contribution < 1.29 is 14.0 Å². The summed E-state index contributed by atoms with van der Waals surface area (Å²) in [6.45, 7) is 11.8. The lowest BCUT2D eigenvalue weighted by atomic mass is 9.43. The summed E-state index contributed by atoms with van der Waals surface area (Å²) in [5.74, 6) is 30.0.